The lowest BCUT2D eigenvalue weighted by molar-refractivity contribution is 0.478. The van der Waals surface area contributed by atoms with Crippen LogP contribution in [0.5, 0.6) is 0 Å². The molecule has 0 spiro atoms. The Morgan fingerprint density at radius 1 is 1.37 bits per heavy atom. The quantitative estimate of drug-likeness (QED) is 0.862. The highest BCUT2D eigenvalue weighted by Gasteiger charge is 2.23. The van der Waals surface area contributed by atoms with E-state index in [0.717, 1.165) is 16.8 Å². The van der Waals surface area contributed by atoms with Crippen molar-refractivity contribution >= 4 is 28.3 Å². The van der Waals surface area contributed by atoms with Crippen LogP contribution in [0.1, 0.15) is 45.0 Å². The average molecular weight is 297 g/mol. The summed E-state index contributed by atoms with van der Waals surface area (Å²) < 4.78 is 0. The number of thioether (sulfide) groups is 1. The number of rotatable bonds is 5. The number of aliphatic imine (C=N–C) groups is 1. The summed E-state index contributed by atoms with van der Waals surface area (Å²) >= 11 is 3.71. The Kier molecular flexibility index (Phi) is 5.34. The van der Waals surface area contributed by atoms with Crippen LogP contribution in [-0.4, -0.2) is 17.0 Å². The lowest BCUT2D eigenvalue weighted by Gasteiger charge is -2.21. The van der Waals surface area contributed by atoms with Gasteiger partial charge in [0.1, 0.15) is 0 Å². The van der Waals surface area contributed by atoms with Crippen LogP contribution >= 0.6 is 23.1 Å². The predicted molar refractivity (Wildman–Crippen MR) is 88.2 cm³/mol. The van der Waals surface area contributed by atoms with Gasteiger partial charge in [0, 0.05) is 10.6 Å². The minimum absolute atomic E-state index is 0.393. The molecule has 0 radical (unpaired) electrons. The standard InChI is InChI=1S/C15H24N2S2/c1-10(2)8-12-9-19-15(16-12)17-14(11(3)4)13-6-5-7-18-13/h5-7,10-12,14H,8-9H2,1-4H3,(H,16,17). The Hall–Kier alpha value is -0.480. The number of thiophene rings is 1. The zero-order valence-electron chi connectivity index (χ0n) is 12.2. The Bertz CT molecular complexity index is 410. The maximum absolute atomic E-state index is 4.83. The molecule has 2 heterocycles. The summed E-state index contributed by atoms with van der Waals surface area (Å²) in [5, 5.41) is 6.93. The summed E-state index contributed by atoms with van der Waals surface area (Å²) in [6.07, 6.45) is 1.20. The first-order valence-electron chi connectivity index (χ1n) is 7.06. The van der Waals surface area contributed by atoms with E-state index in [4.69, 9.17) is 4.99 Å². The molecular weight excluding hydrogens is 272 g/mol. The van der Waals surface area contributed by atoms with E-state index >= 15 is 0 Å². The number of nitrogens with zero attached hydrogens (tertiary/aromatic N) is 1. The van der Waals surface area contributed by atoms with Gasteiger partial charge in [-0.1, -0.05) is 45.5 Å². The SMILES string of the molecule is CC(C)CC1CSC(NC(c2cccs2)C(C)C)=N1. The fourth-order valence-corrected chi connectivity index (χ4v) is 4.27. The van der Waals surface area contributed by atoms with E-state index in [1.54, 1.807) is 0 Å². The van der Waals surface area contributed by atoms with Gasteiger partial charge >= 0.3 is 0 Å². The smallest absolute Gasteiger partial charge is 0.157 e. The van der Waals surface area contributed by atoms with Crippen molar-refractivity contribution in [1.29, 1.82) is 0 Å². The van der Waals surface area contributed by atoms with Crippen LogP contribution < -0.4 is 5.32 Å². The van der Waals surface area contributed by atoms with Gasteiger partial charge in [-0.15, -0.1) is 11.3 Å². The second-order valence-corrected chi connectivity index (χ2v) is 7.90. The van der Waals surface area contributed by atoms with Crippen molar-refractivity contribution in [2.45, 2.75) is 46.2 Å². The van der Waals surface area contributed by atoms with Crippen molar-refractivity contribution in [1.82, 2.24) is 5.32 Å². The molecule has 4 heteroatoms. The van der Waals surface area contributed by atoms with Crippen LogP contribution in [0.25, 0.3) is 0 Å². The molecule has 1 aromatic rings. The van der Waals surface area contributed by atoms with E-state index in [9.17, 15) is 0 Å². The van der Waals surface area contributed by atoms with E-state index < -0.39 is 0 Å². The first kappa shape index (κ1) is 14.9. The third kappa shape index (κ3) is 4.25. The highest BCUT2D eigenvalue weighted by atomic mass is 32.2. The third-order valence-corrected chi connectivity index (χ3v) is 5.25. The van der Waals surface area contributed by atoms with E-state index in [1.807, 2.05) is 23.1 Å². The zero-order valence-corrected chi connectivity index (χ0v) is 13.9. The minimum Gasteiger partial charge on any atom is -0.357 e. The first-order chi connectivity index (χ1) is 9.06. The molecule has 2 unspecified atom stereocenters. The largest absolute Gasteiger partial charge is 0.357 e. The Labute approximate surface area is 125 Å². The van der Waals surface area contributed by atoms with Crippen molar-refractivity contribution in [2.24, 2.45) is 16.8 Å². The number of hydrogen-bond acceptors (Lipinski definition) is 4. The van der Waals surface area contributed by atoms with Crippen LogP contribution in [0.15, 0.2) is 22.5 Å². The van der Waals surface area contributed by atoms with Gasteiger partial charge in [-0.3, -0.25) is 4.99 Å². The van der Waals surface area contributed by atoms with Crippen LogP contribution in [0.4, 0.5) is 0 Å². The number of hydrogen-bond donors (Lipinski definition) is 1. The van der Waals surface area contributed by atoms with Gasteiger partial charge in [0.05, 0.1) is 12.1 Å². The fourth-order valence-electron chi connectivity index (χ4n) is 2.33. The predicted octanol–water partition coefficient (Wildman–Crippen LogP) is 4.55. The van der Waals surface area contributed by atoms with Crippen molar-refractivity contribution < 1.29 is 0 Å². The molecule has 0 aromatic carbocycles. The van der Waals surface area contributed by atoms with Gasteiger partial charge in [0.2, 0.25) is 0 Å². The van der Waals surface area contributed by atoms with Gasteiger partial charge in [-0.25, -0.2) is 0 Å². The Balaban J connectivity index is 1.99. The molecule has 1 N–H and O–H groups in total. The van der Waals surface area contributed by atoms with Crippen LogP contribution in [-0.2, 0) is 0 Å². The highest BCUT2D eigenvalue weighted by Crippen LogP contribution is 2.29. The summed E-state index contributed by atoms with van der Waals surface area (Å²) in [6, 6.07) is 5.24. The van der Waals surface area contributed by atoms with Gasteiger partial charge in [-0.05, 0) is 29.7 Å². The van der Waals surface area contributed by atoms with Crippen LogP contribution in [0, 0.1) is 11.8 Å². The second-order valence-electron chi connectivity index (χ2n) is 5.91. The molecule has 0 aliphatic carbocycles. The van der Waals surface area contributed by atoms with Gasteiger partial charge in [-0.2, -0.15) is 0 Å². The van der Waals surface area contributed by atoms with Crippen molar-refractivity contribution in [2.75, 3.05) is 5.75 Å². The molecular formula is C15H24N2S2. The van der Waals surface area contributed by atoms with Gasteiger partial charge < -0.3 is 5.32 Å². The first-order valence-corrected chi connectivity index (χ1v) is 8.93. The topological polar surface area (TPSA) is 24.4 Å². The Morgan fingerprint density at radius 2 is 2.16 bits per heavy atom. The molecule has 0 saturated heterocycles. The second kappa shape index (κ2) is 6.80. The van der Waals surface area contributed by atoms with Gasteiger partial charge in [0.25, 0.3) is 0 Å². The summed E-state index contributed by atoms with van der Waals surface area (Å²) in [6.45, 7) is 9.08. The van der Waals surface area contributed by atoms with Gasteiger partial charge in [0.15, 0.2) is 5.17 Å². The molecule has 2 atom stereocenters. The molecule has 0 amide bonds. The molecule has 1 aliphatic rings. The monoisotopic (exact) mass is 296 g/mol. The minimum atomic E-state index is 0.393. The molecule has 2 nitrogen and oxygen atoms in total. The highest BCUT2D eigenvalue weighted by molar-refractivity contribution is 8.14. The third-order valence-electron chi connectivity index (χ3n) is 3.25. The summed E-state index contributed by atoms with van der Waals surface area (Å²) in [5.74, 6) is 2.44. The summed E-state index contributed by atoms with van der Waals surface area (Å²) in [7, 11) is 0. The van der Waals surface area contributed by atoms with Crippen molar-refractivity contribution in [3.63, 3.8) is 0 Å². The van der Waals surface area contributed by atoms with Crippen LogP contribution in [0.2, 0.25) is 0 Å². The maximum Gasteiger partial charge on any atom is 0.157 e. The number of nitrogens with one attached hydrogen (secondary N) is 1. The normalized spacial score (nSPS) is 20.9. The molecule has 1 aliphatic heterocycles. The molecule has 19 heavy (non-hydrogen) atoms. The number of amidine groups is 1. The maximum atomic E-state index is 4.83. The fraction of sp³-hybridized carbons (Fsp3) is 0.667. The van der Waals surface area contributed by atoms with Crippen molar-refractivity contribution in [3.05, 3.63) is 22.4 Å². The Morgan fingerprint density at radius 3 is 2.74 bits per heavy atom. The molecule has 0 fully saturated rings. The molecule has 2 rings (SSSR count). The summed E-state index contributed by atoms with van der Waals surface area (Å²) in [5.41, 5.74) is 0. The van der Waals surface area contributed by atoms with E-state index in [0.29, 0.717) is 18.0 Å². The molecule has 0 saturated carbocycles. The lowest BCUT2D eigenvalue weighted by atomic mass is 10.0. The van der Waals surface area contributed by atoms with Crippen molar-refractivity contribution in [3.8, 4) is 0 Å². The van der Waals surface area contributed by atoms with E-state index in [2.05, 4.69) is 50.5 Å². The summed E-state index contributed by atoms with van der Waals surface area (Å²) in [4.78, 5) is 6.24. The average Bonchev–Trinajstić information content (AvgIpc) is 2.95. The molecule has 106 valence electrons. The van der Waals surface area contributed by atoms with Crippen LogP contribution in [0.3, 0.4) is 0 Å². The molecule has 0 bridgehead atoms. The lowest BCUT2D eigenvalue weighted by Crippen LogP contribution is -2.28. The van der Waals surface area contributed by atoms with E-state index in [-0.39, 0.29) is 0 Å². The molecule has 1 aromatic heterocycles. The zero-order chi connectivity index (χ0) is 13.8. The van der Waals surface area contributed by atoms with E-state index in [1.165, 1.54) is 11.3 Å².